The van der Waals surface area contributed by atoms with Gasteiger partial charge >= 0.3 is 0 Å². The highest BCUT2D eigenvalue weighted by Crippen LogP contribution is 2.21. The number of rotatable bonds is 7. The monoisotopic (exact) mass is 283 g/mol. The first-order valence-electron chi connectivity index (χ1n) is 7.65. The first-order valence-corrected chi connectivity index (χ1v) is 7.65. The van der Waals surface area contributed by atoms with Crippen LogP contribution in [0.2, 0.25) is 0 Å². The Hall–Kier alpha value is -1.80. The van der Waals surface area contributed by atoms with Crippen molar-refractivity contribution in [2.24, 2.45) is 11.7 Å². The zero-order valence-electron chi connectivity index (χ0n) is 13.0. The quantitative estimate of drug-likeness (QED) is 0.830. The first kappa shape index (κ1) is 15.6. The number of hydrogen-bond donors (Lipinski definition) is 1. The third-order valence-electron chi connectivity index (χ3n) is 3.79. The van der Waals surface area contributed by atoms with Crippen molar-refractivity contribution < 1.29 is 4.74 Å². The molecule has 2 heteroatoms. The molecule has 0 fully saturated rings. The zero-order chi connectivity index (χ0) is 15.1. The van der Waals surface area contributed by atoms with E-state index in [-0.39, 0.29) is 0 Å². The molecular formula is C19H25NO. The van der Waals surface area contributed by atoms with Gasteiger partial charge in [0.05, 0.1) is 0 Å². The highest BCUT2D eigenvalue weighted by Gasteiger charge is 2.06. The molecule has 0 heterocycles. The Morgan fingerprint density at radius 2 is 1.86 bits per heavy atom. The SMILES string of the molecule is Cc1cc(OCc2ccccc2)ccc1CC(C)CCN. The average molecular weight is 283 g/mol. The molecule has 21 heavy (non-hydrogen) atoms. The highest BCUT2D eigenvalue weighted by atomic mass is 16.5. The Bertz CT molecular complexity index is 551. The van der Waals surface area contributed by atoms with Crippen LogP contribution in [0.25, 0.3) is 0 Å². The fourth-order valence-corrected chi connectivity index (χ4v) is 2.49. The highest BCUT2D eigenvalue weighted by molar-refractivity contribution is 5.35. The molecule has 2 aromatic carbocycles. The van der Waals surface area contributed by atoms with Crippen molar-refractivity contribution in [1.29, 1.82) is 0 Å². The van der Waals surface area contributed by atoms with Crippen LogP contribution in [-0.2, 0) is 13.0 Å². The van der Waals surface area contributed by atoms with Crippen LogP contribution >= 0.6 is 0 Å². The Kier molecular flexibility index (Phi) is 5.82. The summed E-state index contributed by atoms with van der Waals surface area (Å²) in [4.78, 5) is 0. The predicted molar refractivity (Wildman–Crippen MR) is 88.5 cm³/mol. The maximum atomic E-state index is 5.86. The van der Waals surface area contributed by atoms with E-state index in [4.69, 9.17) is 10.5 Å². The summed E-state index contributed by atoms with van der Waals surface area (Å²) < 4.78 is 5.86. The Morgan fingerprint density at radius 3 is 2.52 bits per heavy atom. The Labute approximate surface area is 127 Å². The molecule has 0 saturated heterocycles. The molecule has 0 radical (unpaired) electrons. The molecule has 0 amide bonds. The van der Waals surface area contributed by atoms with E-state index < -0.39 is 0 Å². The van der Waals surface area contributed by atoms with Crippen molar-refractivity contribution in [3.8, 4) is 5.75 Å². The minimum absolute atomic E-state index is 0.614. The molecule has 2 rings (SSSR count). The average Bonchev–Trinajstić information content (AvgIpc) is 2.49. The second-order valence-electron chi connectivity index (χ2n) is 5.75. The van der Waals surface area contributed by atoms with E-state index >= 15 is 0 Å². The van der Waals surface area contributed by atoms with Crippen molar-refractivity contribution in [1.82, 2.24) is 0 Å². The summed E-state index contributed by atoms with van der Waals surface area (Å²) in [5.41, 5.74) is 9.50. The lowest BCUT2D eigenvalue weighted by Crippen LogP contribution is -2.08. The van der Waals surface area contributed by atoms with E-state index in [1.165, 1.54) is 16.7 Å². The molecule has 112 valence electrons. The minimum Gasteiger partial charge on any atom is -0.489 e. The first-order chi connectivity index (χ1) is 10.2. The lowest BCUT2D eigenvalue weighted by atomic mass is 9.95. The van der Waals surface area contributed by atoms with Gasteiger partial charge < -0.3 is 10.5 Å². The smallest absolute Gasteiger partial charge is 0.120 e. The fraction of sp³-hybridized carbons (Fsp3) is 0.368. The normalized spacial score (nSPS) is 12.1. The number of aryl methyl sites for hydroxylation is 1. The van der Waals surface area contributed by atoms with Gasteiger partial charge in [-0.2, -0.15) is 0 Å². The largest absolute Gasteiger partial charge is 0.489 e. The van der Waals surface area contributed by atoms with Crippen LogP contribution in [0.4, 0.5) is 0 Å². The van der Waals surface area contributed by atoms with Crippen LogP contribution in [-0.4, -0.2) is 6.54 Å². The molecule has 2 aromatic rings. The van der Waals surface area contributed by atoms with E-state index in [1.807, 2.05) is 18.2 Å². The summed E-state index contributed by atoms with van der Waals surface area (Å²) >= 11 is 0. The van der Waals surface area contributed by atoms with Gasteiger partial charge in [0.2, 0.25) is 0 Å². The van der Waals surface area contributed by atoms with Crippen molar-refractivity contribution in [3.63, 3.8) is 0 Å². The van der Waals surface area contributed by atoms with Crippen molar-refractivity contribution >= 4 is 0 Å². The summed E-state index contributed by atoms with van der Waals surface area (Å²) in [6.07, 6.45) is 2.16. The standard InChI is InChI=1S/C19H25NO/c1-15(10-11-20)12-18-8-9-19(13-16(18)2)21-14-17-6-4-3-5-7-17/h3-9,13,15H,10-12,14,20H2,1-2H3. The molecular weight excluding hydrogens is 258 g/mol. The van der Waals surface area contributed by atoms with E-state index in [1.54, 1.807) is 0 Å². The second-order valence-corrected chi connectivity index (χ2v) is 5.75. The number of benzene rings is 2. The van der Waals surface area contributed by atoms with Crippen LogP contribution in [0, 0.1) is 12.8 Å². The van der Waals surface area contributed by atoms with Crippen molar-refractivity contribution in [2.45, 2.75) is 33.3 Å². The van der Waals surface area contributed by atoms with Gasteiger partial charge in [0.25, 0.3) is 0 Å². The lowest BCUT2D eigenvalue weighted by molar-refractivity contribution is 0.306. The molecule has 0 aliphatic heterocycles. The summed E-state index contributed by atoms with van der Waals surface area (Å²) in [5.74, 6) is 1.57. The van der Waals surface area contributed by atoms with Gasteiger partial charge in [-0.05, 0) is 61.1 Å². The molecule has 1 atom stereocenters. The van der Waals surface area contributed by atoms with Crippen molar-refractivity contribution in [2.75, 3.05) is 6.54 Å². The molecule has 2 nitrogen and oxygen atoms in total. The third-order valence-corrected chi connectivity index (χ3v) is 3.79. The molecule has 0 bridgehead atoms. The lowest BCUT2D eigenvalue weighted by Gasteiger charge is -2.14. The van der Waals surface area contributed by atoms with Gasteiger partial charge in [-0.25, -0.2) is 0 Å². The van der Waals surface area contributed by atoms with Gasteiger partial charge in [0, 0.05) is 0 Å². The number of ether oxygens (including phenoxy) is 1. The Morgan fingerprint density at radius 1 is 1.10 bits per heavy atom. The summed E-state index contributed by atoms with van der Waals surface area (Å²) in [6, 6.07) is 16.6. The van der Waals surface area contributed by atoms with E-state index in [0.29, 0.717) is 12.5 Å². The summed E-state index contributed by atoms with van der Waals surface area (Å²) in [6.45, 7) is 5.79. The number of nitrogens with two attached hydrogens (primary N) is 1. The van der Waals surface area contributed by atoms with Crippen LogP contribution < -0.4 is 10.5 Å². The van der Waals surface area contributed by atoms with Gasteiger partial charge in [-0.15, -0.1) is 0 Å². The zero-order valence-corrected chi connectivity index (χ0v) is 13.0. The molecule has 0 aromatic heterocycles. The maximum absolute atomic E-state index is 5.86. The third kappa shape index (κ3) is 4.91. The van der Waals surface area contributed by atoms with E-state index in [0.717, 1.165) is 25.1 Å². The fourth-order valence-electron chi connectivity index (χ4n) is 2.49. The van der Waals surface area contributed by atoms with E-state index in [9.17, 15) is 0 Å². The Balaban J connectivity index is 1.95. The summed E-state index contributed by atoms with van der Waals surface area (Å²) in [5, 5.41) is 0. The van der Waals surface area contributed by atoms with Crippen molar-refractivity contribution in [3.05, 3.63) is 65.2 Å². The second kappa shape index (κ2) is 7.84. The van der Waals surface area contributed by atoms with Crippen LogP contribution in [0.15, 0.2) is 48.5 Å². The molecule has 2 N–H and O–H groups in total. The van der Waals surface area contributed by atoms with Gasteiger partial charge in [-0.1, -0.05) is 43.3 Å². The number of hydrogen-bond acceptors (Lipinski definition) is 2. The minimum atomic E-state index is 0.614. The van der Waals surface area contributed by atoms with Crippen LogP contribution in [0.5, 0.6) is 5.75 Å². The van der Waals surface area contributed by atoms with Gasteiger partial charge in [-0.3, -0.25) is 0 Å². The summed E-state index contributed by atoms with van der Waals surface area (Å²) in [7, 11) is 0. The van der Waals surface area contributed by atoms with Crippen LogP contribution in [0.1, 0.15) is 30.0 Å². The molecule has 0 aliphatic carbocycles. The predicted octanol–water partition coefficient (Wildman–Crippen LogP) is 4.10. The van der Waals surface area contributed by atoms with Crippen LogP contribution in [0.3, 0.4) is 0 Å². The van der Waals surface area contributed by atoms with E-state index in [2.05, 4.69) is 44.2 Å². The molecule has 0 spiro atoms. The molecule has 1 unspecified atom stereocenters. The molecule has 0 aliphatic rings. The van der Waals surface area contributed by atoms with Gasteiger partial charge in [0.15, 0.2) is 0 Å². The van der Waals surface area contributed by atoms with Gasteiger partial charge in [0.1, 0.15) is 12.4 Å². The topological polar surface area (TPSA) is 35.2 Å². The maximum Gasteiger partial charge on any atom is 0.120 e. The molecule has 0 saturated carbocycles.